The summed E-state index contributed by atoms with van der Waals surface area (Å²) >= 11 is 0. The number of pyridine rings is 1. The molecule has 0 unspecified atom stereocenters. The number of nitrogens with zero attached hydrogens (tertiary/aromatic N) is 1. The Labute approximate surface area is 97.5 Å². The predicted molar refractivity (Wildman–Crippen MR) is 70.2 cm³/mol. The zero-order valence-corrected chi connectivity index (χ0v) is 11.0. The second-order valence-electron chi connectivity index (χ2n) is 4.76. The monoisotopic (exact) mass is 213 g/mol. The van der Waals surface area contributed by atoms with Crippen molar-refractivity contribution in [3.05, 3.63) is 39.7 Å². The number of hydrogen-bond acceptors (Lipinski definition) is 1. The molecule has 1 aromatic heterocycles. The van der Waals surface area contributed by atoms with Crippen molar-refractivity contribution in [3.63, 3.8) is 0 Å². The van der Waals surface area contributed by atoms with Gasteiger partial charge in [0.05, 0.1) is 0 Å². The summed E-state index contributed by atoms with van der Waals surface area (Å²) in [5.41, 5.74) is 8.04. The SMILES string of the molecule is Cc1ncc2c(C)c(C)c(C)c(C)c2c1C. The van der Waals surface area contributed by atoms with Crippen molar-refractivity contribution in [1.82, 2.24) is 4.98 Å². The first-order chi connectivity index (χ1) is 7.45. The van der Waals surface area contributed by atoms with Crippen LogP contribution in [0, 0.1) is 41.5 Å². The average molecular weight is 213 g/mol. The highest BCUT2D eigenvalue weighted by Gasteiger charge is 2.11. The lowest BCUT2D eigenvalue weighted by molar-refractivity contribution is 1.16. The lowest BCUT2D eigenvalue weighted by atomic mass is 9.90. The summed E-state index contributed by atoms with van der Waals surface area (Å²) in [5, 5.41) is 2.71. The molecule has 0 bridgehead atoms. The lowest BCUT2D eigenvalue weighted by Gasteiger charge is -2.16. The van der Waals surface area contributed by atoms with Gasteiger partial charge in [0.1, 0.15) is 0 Å². The Morgan fingerprint density at radius 1 is 0.688 bits per heavy atom. The molecule has 0 N–H and O–H groups in total. The normalized spacial score (nSPS) is 11.1. The van der Waals surface area contributed by atoms with Crippen molar-refractivity contribution in [3.8, 4) is 0 Å². The minimum Gasteiger partial charge on any atom is -0.261 e. The molecule has 1 heterocycles. The molecule has 2 rings (SSSR count). The number of aryl methyl sites for hydroxylation is 4. The third-order valence-electron chi connectivity index (χ3n) is 4.04. The minimum absolute atomic E-state index is 1.14. The van der Waals surface area contributed by atoms with E-state index in [0.717, 1.165) is 5.69 Å². The Hall–Kier alpha value is -1.37. The summed E-state index contributed by atoms with van der Waals surface area (Å²) in [7, 11) is 0. The fraction of sp³-hybridized carbons (Fsp3) is 0.400. The van der Waals surface area contributed by atoms with Gasteiger partial charge in [0, 0.05) is 17.3 Å². The molecule has 1 heteroatoms. The van der Waals surface area contributed by atoms with E-state index in [1.165, 1.54) is 38.6 Å². The summed E-state index contributed by atoms with van der Waals surface area (Å²) < 4.78 is 0. The Morgan fingerprint density at radius 2 is 1.25 bits per heavy atom. The van der Waals surface area contributed by atoms with Gasteiger partial charge in [0.15, 0.2) is 0 Å². The number of fused-ring (bicyclic) bond motifs is 1. The number of benzene rings is 1. The van der Waals surface area contributed by atoms with E-state index in [1.807, 2.05) is 6.20 Å². The van der Waals surface area contributed by atoms with Crippen LogP contribution in [-0.2, 0) is 0 Å². The van der Waals surface area contributed by atoms with E-state index >= 15 is 0 Å². The molecule has 0 atom stereocenters. The van der Waals surface area contributed by atoms with Gasteiger partial charge in [-0.05, 0) is 74.7 Å². The molecule has 0 aliphatic rings. The third kappa shape index (κ3) is 1.35. The van der Waals surface area contributed by atoms with Crippen LogP contribution in [0.4, 0.5) is 0 Å². The molecule has 0 radical (unpaired) electrons. The second-order valence-corrected chi connectivity index (χ2v) is 4.76. The van der Waals surface area contributed by atoms with Gasteiger partial charge in [-0.3, -0.25) is 4.98 Å². The van der Waals surface area contributed by atoms with Crippen molar-refractivity contribution in [2.75, 3.05) is 0 Å². The molecule has 0 amide bonds. The smallest absolute Gasteiger partial charge is 0.0408 e. The zero-order chi connectivity index (χ0) is 12.0. The van der Waals surface area contributed by atoms with E-state index in [9.17, 15) is 0 Å². The van der Waals surface area contributed by atoms with Crippen molar-refractivity contribution in [2.45, 2.75) is 41.5 Å². The molecule has 1 nitrogen and oxygen atoms in total. The maximum atomic E-state index is 4.48. The highest BCUT2D eigenvalue weighted by molar-refractivity contribution is 5.92. The van der Waals surface area contributed by atoms with Crippen LogP contribution in [0.3, 0.4) is 0 Å². The topological polar surface area (TPSA) is 12.9 Å². The molecule has 84 valence electrons. The quantitative estimate of drug-likeness (QED) is 0.642. The summed E-state index contributed by atoms with van der Waals surface area (Å²) in [6.45, 7) is 13.1. The highest BCUT2D eigenvalue weighted by Crippen LogP contribution is 2.31. The van der Waals surface area contributed by atoms with Crippen LogP contribution in [-0.4, -0.2) is 4.98 Å². The zero-order valence-electron chi connectivity index (χ0n) is 11.0. The van der Waals surface area contributed by atoms with Crippen molar-refractivity contribution in [1.29, 1.82) is 0 Å². The van der Waals surface area contributed by atoms with E-state index in [0.29, 0.717) is 0 Å². The van der Waals surface area contributed by atoms with Crippen LogP contribution < -0.4 is 0 Å². The van der Waals surface area contributed by atoms with Gasteiger partial charge in [-0.2, -0.15) is 0 Å². The Morgan fingerprint density at radius 3 is 1.88 bits per heavy atom. The molecule has 16 heavy (non-hydrogen) atoms. The van der Waals surface area contributed by atoms with Gasteiger partial charge in [0.2, 0.25) is 0 Å². The third-order valence-corrected chi connectivity index (χ3v) is 4.04. The van der Waals surface area contributed by atoms with Crippen LogP contribution in [0.2, 0.25) is 0 Å². The highest BCUT2D eigenvalue weighted by atomic mass is 14.7. The van der Waals surface area contributed by atoms with Gasteiger partial charge in [-0.15, -0.1) is 0 Å². The lowest BCUT2D eigenvalue weighted by Crippen LogP contribution is -1.98. The summed E-state index contributed by atoms with van der Waals surface area (Å²) in [5.74, 6) is 0. The van der Waals surface area contributed by atoms with Gasteiger partial charge >= 0.3 is 0 Å². The first kappa shape index (κ1) is 11.1. The van der Waals surface area contributed by atoms with Gasteiger partial charge in [0.25, 0.3) is 0 Å². The molecule has 0 saturated carbocycles. The number of rotatable bonds is 0. The number of hydrogen-bond donors (Lipinski definition) is 0. The average Bonchev–Trinajstić information content (AvgIpc) is 2.27. The molecule has 2 aromatic rings. The molecular formula is C15H19N. The second kappa shape index (κ2) is 3.58. The van der Waals surface area contributed by atoms with Crippen molar-refractivity contribution < 1.29 is 0 Å². The van der Waals surface area contributed by atoms with Crippen LogP contribution in [0.25, 0.3) is 10.8 Å². The standard InChI is InChI=1S/C15H19N/c1-8-9(2)11(4)15-12(5)13(6)16-7-14(15)10(8)3/h7H,1-6H3. The maximum absolute atomic E-state index is 4.48. The summed E-state index contributed by atoms with van der Waals surface area (Å²) in [6.07, 6.45) is 2.02. The van der Waals surface area contributed by atoms with Gasteiger partial charge in [-0.25, -0.2) is 0 Å². The predicted octanol–water partition coefficient (Wildman–Crippen LogP) is 4.09. The van der Waals surface area contributed by atoms with Crippen LogP contribution >= 0.6 is 0 Å². The van der Waals surface area contributed by atoms with E-state index < -0.39 is 0 Å². The Balaban J connectivity index is 3.09. The molecule has 0 aliphatic carbocycles. The van der Waals surface area contributed by atoms with Crippen molar-refractivity contribution >= 4 is 10.8 Å². The van der Waals surface area contributed by atoms with E-state index in [1.54, 1.807) is 0 Å². The van der Waals surface area contributed by atoms with Crippen molar-refractivity contribution in [2.24, 2.45) is 0 Å². The van der Waals surface area contributed by atoms with Gasteiger partial charge < -0.3 is 0 Å². The molecule has 0 saturated heterocycles. The first-order valence-corrected chi connectivity index (χ1v) is 5.77. The maximum Gasteiger partial charge on any atom is 0.0408 e. The fourth-order valence-electron chi connectivity index (χ4n) is 2.43. The first-order valence-electron chi connectivity index (χ1n) is 5.77. The minimum atomic E-state index is 1.14. The van der Waals surface area contributed by atoms with Gasteiger partial charge in [-0.1, -0.05) is 0 Å². The van der Waals surface area contributed by atoms with E-state index in [4.69, 9.17) is 0 Å². The molecule has 0 fully saturated rings. The summed E-state index contributed by atoms with van der Waals surface area (Å²) in [6, 6.07) is 0. The van der Waals surface area contributed by atoms with Crippen LogP contribution in [0.5, 0.6) is 0 Å². The van der Waals surface area contributed by atoms with Crippen LogP contribution in [0.1, 0.15) is 33.5 Å². The van der Waals surface area contributed by atoms with E-state index in [2.05, 4.69) is 46.5 Å². The molecule has 0 spiro atoms. The summed E-state index contributed by atoms with van der Waals surface area (Å²) in [4.78, 5) is 4.48. The largest absolute Gasteiger partial charge is 0.261 e. The molecule has 1 aromatic carbocycles. The molecule has 0 aliphatic heterocycles. The van der Waals surface area contributed by atoms with Crippen LogP contribution in [0.15, 0.2) is 6.20 Å². The molecular weight excluding hydrogens is 194 g/mol. The Bertz CT molecular complexity index is 580. The van der Waals surface area contributed by atoms with E-state index in [-0.39, 0.29) is 0 Å². The number of aromatic nitrogens is 1. The fourth-order valence-corrected chi connectivity index (χ4v) is 2.43. The Kier molecular flexibility index (Phi) is 2.49.